The van der Waals surface area contributed by atoms with Crippen molar-refractivity contribution in [1.82, 2.24) is 0 Å². The molecular weight excluding hydrogens is 254 g/mol. The molecule has 0 atom stereocenters. The average Bonchev–Trinajstić information content (AvgIpc) is 2.21. The smallest absolute Gasteiger partial charge is 0.300 e. The number of halogens is 1. The number of aliphatic hydroxyl groups is 1. The van der Waals surface area contributed by atoms with Crippen LogP contribution in [0.5, 0.6) is 0 Å². The predicted octanol–water partition coefficient (Wildman–Crippen LogP) is 1.74. The SMILES string of the molecule is CCO.Nc1c([N+](=O)[O-])cc(Cl)cc1[N+](=O)[O-]. The van der Waals surface area contributed by atoms with Gasteiger partial charge in [-0.3, -0.25) is 20.2 Å². The molecule has 8 nitrogen and oxygen atoms in total. The number of nitrogens with zero attached hydrogens (tertiary/aromatic N) is 2. The Morgan fingerprint density at radius 2 is 1.59 bits per heavy atom. The quantitative estimate of drug-likeness (QED) is 0.474. The number of aliphatic hydroxyl groups excluding tert-OH is 1. The summed E-state index contributed by atoms with van der Waals surface area (Å²) in [6.07, 6.45) is 0. The molecule has 0 saturated heterocycles. The maximum absolute atomic E-state index is 10.4. The lowest BCUT2D eigenvalue weighted by Gasteiger charge is -1.99. The van der Waals surface area contributed by atoms with Crippen LogP contribution < -0.4 is 5.73 Å². The Hall–Kier alpha value is -1.93. The van der Waals surface area contributed by atoms with E-state index < -0.39 is 26.9 Å². The molecular formula is C8H10ClN3O5. The van der Waals surface area contributed by atoms with Crippen LogP contribution in [0, 0.1) is 20.2 Å². The van der Waals surface area contributed by atoms with E-state index in [0.717, 1.165) is 12.1 Å². The number of rotatable bonds is 2. The van der Waals surface area contributed by atoms with Crippen molar-refractivity contribution in [1.29, 1.82) is 0 Å². The number of nitro benzene ring substituents is 2. The second-order valence-electron chi connectivity index (χ2n) is 2.69. The molecule has 0 aromatic heterocycles. The van der Waals surface area contributed by atoms with E-state index in [0.29, 0.717) is 0 Å². The van der Waals surface area contributed by atoms with Gasteiger partial charge in [0, 0.05) is 18.7 Å². The molecule has 0 saturated carbocycles. The number of hydrogen-bond acceptors (Lipinski definition) is 6. The van der Waals surface area contributed by atoms with Crippen LogP contribution in [0.3, 0.4) is 0 Å². The maximum Gasteiger partial charge on any atom is 0.300 e. The number of nitrogens with two attached hydrogens (primary N) is 1. The Kier molecular flexibility index (Phi) is 5.86. The van der Waals surface area contributed by atoms with E-state index in [1.807, 2.05) is 0 Å². The van der Waals surface area contributed by atoms with Gasteiger partial charge in [0.15, 0.2) is 5.69 Å². The van der Waals surface area contributed by atoms with Crippen LogP contribution in [0.4, 0.5) is 17.1 Å². The van der Waals surface area contributed by atoms with Gasteiger partial charge in [0.25, 0.3) is 0 Å². The summed E-state index contributed by atoms with van der Waals surface area (Å²) in [5.74, 6) is 0. The van der Waals surface area contributed by atoms with Gasteiger partial charge in [-0.25, -0.2) is 0 Å². The fourth-order valence-corrected chi connectivity index (χ4v) is 1.10. The van der Waals surface area contributed by atoms with Gasteiger partial charge < -0.3 is 10.8 Å². The largest absolute Gasteiger partial charge is 0.397 e. The lowest BCUT2D eigenvalue weighted by molar-refractivity contribution is -0.392. The van der Waals surface area contributed by atoms with E-state index in [1.54, 1.807) is 6.92 Å². The van der Waals surface area contributed by atoms with Crippen LogP contribution in [0.15, 0.2) is 12.1 Å². The van der Waals surface area contributed by atoms with E-state index >= 15 is 0 Å². The van der Waals surface area contributed by atoms with Crippen molar-refractivity contribution < 1.29 is 15.0 Å². The Bertz CT molecular complexity index is 402. The minimum atomic E-state index is -0.825. The van der Waals surface area contributed by atoms with Crippen LogP contribution in [0.1, 0.15) is 6.92 Å². The van der Waals surface area contributed by atoms with Gasteiger partial charge in [-0.15, -0.1) is 0 Å². The third kappa shape index (κ3) is 4.21. The van der Waals surface area contributed by atoms with Crippen molar-refractivity contribution >= 4 is 28.7 Å². The number of benzene rings is 1. The molecule has 1 aromatic rings. The zero-order chi connectivity index (χ0) is 13.6. The number of nitrogen functional groups attached to an aromatic ring is 1. The molecule has 0 amide bonds. The summed E-state index contributed by atoms with van der Waals surface area (Å²) in [7, 11) is 0. The molecule has 0 aliphatic carbocycles. The lowest BCUT2D eigenvalue weighted by Crippen LogP contribution is -2.00. The Balaban J connectivity index is 0.000000770. The molecule has 1 aromatic carbocycles. The van der Waals surface area contributed by atoms with Gasteiger partial charge >= 0.3 is 11.4 Å². The van der Waals surface area contributed by atoms with Gasteiger partial charge in [-0.2, -0.15) is 0 Å². The molecule has 3 N–H and O–H groups in total. The van der Waals surface area contributed by atoms with Gasteiger partial charge in [0.05, 0.1) is 14.9 Å². The van der Waals surface area contributed by atoms with Crippen LogP contribution in [0.2, 0.25) is 5.02 Å². The molecule has 0 bridgehead atoms. The molecule has 0 aliphatic heterocycles. The first kappa shape index (κ1) is 15.1. The summed E-state index contributed by atoms with van der Waals surface area (Å²) in [5.41, 5.74) is 3.59. The van der Waals surface area contributed by atoms with Gasteiger partial charge in [0.2, 0.25) is 0 Å². The van der Waals surface area contributed by atoms with Crippen LogP contribution in [-0.2, 0) is 0 Å². The molecule has 94 valence electrons. The summed E-state index contributed by atoms with van der Waals surface area (Å²) >= 11 is 5.45. The highest BCUT2D eigenvalue weighted by Gasteiger charge is 2.23. The van der Waals surface area contributed by atoms with Crippen molar-refractivity contribution in [3.8, 4) is 0 Å². The molecule has 0 unspecified atom stereocenters. The summed E-state index contributed by atoms with van der Waals surface area (Å²) in [6.45, 7) is 1.93. The Morgan fingerprint density at radius 1 is 1.29 bits per heavy atom. The zero-order valence-electron chi connectivity index (χ0n) is 8.79. The third-order valence-electron chi connectivity index (χ3n) is 1.49. The second-order valence-corrected chi connectivity index (χ2v) is 3.12. The first-order valence-electron chi connectivity index (χ1n) is 4.33. The maximum atomic E-state index is 10.4. The van der Waals surface area contributed by atoms with Gasteiger partial charge in [-0.1, -0.05) is 11.6 Å². The number of anilines is 1. The normalized spacial score (nSPS) is 9.12. The molecule has 1 rings (SSSR count). The molecule has 9 heteroatoms. The topological polar surface area (TPSA) is 133 Å². The van der Waals surface area contributed by atoms with Crippen molar-refractivity contribution in [2.45, 2.75) is 6.92 Å². The highest BCUT2D eigenvalue weighted by atomic mass is 35.5. The summed E-state index contributed by atoms with van der Waals surface area (Å²) in [4.78, 5) is 19.1. The Morgan fingerprint density at radius 3 is 1.82 bits per heavy atom. The van der Waals surface area contributed by atoms with E-state index in [4.69, 9.17) is 22.4 Å². The van der Waals surface area contributed by atoms with Crippen molar-refractivity contribution in [3.63, 3.8) is 0 Å². The van der Waals surface area contributed by atoms with Crippen LogP contribution in [0.25, 0.3) is 0 Å². The number of nitro groups is 2. The molecule has 17 heavy (non-hydrogen) atoms. The fourth-order valence-electron chi connectivity index (χ4n) is 0.892. The van der Waals surface area contributed by atoms with Crippen LogP contribution >= 0.6 is 11.6 Å². The third-order valence-corrected chi connectivity index (χ3v) is 1.71. The van der Waals surface area contributed by atoms with E-state index in [-0.39, 0.29) is 11.6 Å². The highest BCUT2D eigenvalue weighted by Crippen LogP contribution is 2.34. The zero-order valence-corrected chi connectivity index (χ0v) is 9.55. The average molecular weight is 264 g/mol. The Labute approximate surface area is 101 Å². The minimum Gasteiger partial charge on any atom is -0.397 e. The monoisotopic (exact) mass is 263 g/mol. The highest BCUT2D eigenvalue weighted by molar-refractivity contribution is 6.31. The summed E-state index contributed by atoms with van der Waals surface area (Å²) in [6, 6.07) is 1.92. The standard InChI is InChI=1S/C6H4ClN3O4.C2H6O/c7-3-1-4(9(11)12)6(8)5(2-3)10(13)14;1-2-3/h1-2H,8H2;3H,2H2,1H3. The van der Waals surface area contributed by atoms with E-state index in [9.17, 15) is 20.2 Å². The lowest BCUT2D eigenvalue weighted by atomic mass is 10.2. The van der Waals surface area contributed by atoms with Crippen molar-refractivity contribution in [2.24, 2.45) is 0 Å². The van der Waals surface area contributed by atoms with Crippen LogP contribution in [-0.4, -0.2) is 21.6 Å². The molecule has 0 radical (unpaired) electrons. The summed E-state index contributed by atoms with van der Waals surface area (Å²) in [5, 5.41) is 28.3. The van der Waals surface area contributed by atoms with Crippen molar-refractivity contribution in [3.05, 3.63) is 37.4 Å². The second kappa shape index (κ2) is 6.61. The predicted molar refractivity (Wildman–Crippen MR) is 61.9 cm³/mol. The molecule has 0 fully saturated rings. The number of hydrogen-bond donors (Lipinski definition) is 2. The first-order valence-corrected chi connectivity index (χ1v) is 4.71. The van der Waals surface area contributed by atoms with Gasteiger partial charge in [0.1, 0.15) is 0 Å². The first-order chi connectivity index (χ1) is 7.84. The summed E-state index contributed by atoms with van der Waals surface area (Å²) < 4.78 is 0. The molecule has 0 spiro atoms. The van der Waals surface area contributed by atoms with Crippen molar-refractivity contribution in [2.75, 3.05) is 12.3 Å². The van der Waals surface area contributed by atoms with Gasteiger partial charge in [-0.05, 0) is 6.92 Å². The molecule has 0 aliphatic rings. The van der Waals surface area contributed by atoms with E-state index in [2.05, 4.69) is 0 Å². The molecule has 0 heterocycles. The van der Waals surface area contributed by atoms with E-state index in [1.165, 1.54) is 0 Å². The minimum absolute atomic E-state index is 0.0994. The fraction of sp³-hybridized carbons (Fsp3) is 0.250.